The van der Waals surface area contributed by atoms with E-state index in [1.165, 1.54) is 6.42 Å². The molecular weight excluding hydrogens is 124 g/mol. The van der Waals surface area contributed by atoms with Crippen LogP contribution in [0.1, 0.15) is 20.3 Å². The SMILES string of the molecule is CCC(C)[N+]1=CC[N+](C)=C1. The number of rotatable bonds is 2. The molecule has 0 fully saturated rings. The summed E-state index contributed by atoms with van der Waals surface area (Å²) in [5.74, 6) is 0. The average Bonchev–Trinajstić information content (AvgIpc) is 2.34. The number of hydrogen-bond acceptors (Lipinski definition) is 0. The van der Waals surface area contributed by atoms with Crippen molar-refractivity contribution in [2.45, 2.75) is 26.3 Å². The zero-order chi connectivity index (χ0) is 7.56. The summed E-state index contributed by atoms with van der Waals surface area (Å²) in [6.07, 6.45) is 5.60. The van der Waals surface area contributed by atoms with E-state index in [-0.39, 0.29) is 0 Å². The van der Waals surface area contributed by atoms with Gasteiger partial charge in [-0.05, 0) is 6.92 Å². The minimum absolute atomic E-state index is 0.657. The minimum atomic E-state index is 0.657. The lowest BCUT2D eigenvalue weighted by Gasteiger charge is -1.96. The first kappa shape index (κ1) is 7.45. The maximum Gasteiger partial charge on any atom is 0.401 e. The Labute approximate surface area is 62.5 Å². The summed E-state index contributed by atoms with van der Waals surface area (Å²) in [6.45, 7) is 5.52. The molecule has 0 aromatic heterocycles. The summed E-state index contributed by atoms with van der Waals surface area (Å²) in [6, 6.07) is 0.657. The third kappa shape index (κ3) is 1.43. The quantitative estimate of drug-likeness (QED) is 0.494. The summed E-state index contributed by atoms with van der Waals surface area (Å²) in [5.41, 5.74) is 0. The van der Waals surface area contributed by atoms with E-state index in [4.69, 9.17) is 0 Å². The molecule has 1 heterocycles. The lowest BCUT2D eigenvalue weighted by Crippen LogP contribution is -2.20. The molecule has 1 atom stereocenters. The molecule has 1 aliphatic heterocycles. The third-order valence-corrected chi connectivity index (χ3v) is 2.01. The second-order valence-corrected chi connectivity index (χ2v) is 2.94. The van der Waals surface area contributed by atoms with Gasteiger partial charge in [0.05, 0.1) is 0 Å². The second kappa shape index (κ2) is 2.95. The Bertz CT molecular complexity index is 180. The Balaban J connectivity index is 2.58. The fourth-order valence-corrected chi connectivity index (χ4v) is 1.05. The van der Waals surface area contributed by atoms with E-state index in [9.17, 15) is 0 Å². The van der Waals surface area contributed by atoms with Crippen LogP contribution in [0.15, 0.2) is 0 Å². The maximum atomic E-state index is 2.28. The van der Waals surface area contributed by atoms with E-state index in [2.05, 4.69) is 42.6 Å². The highest BCUT2D eigenvalue weighted by atomic mass is 15.2. The molecule has 0 spiro atoms. The average molecular weight is 140 g/mol. The molecule has 0 saturated carbocycles. The molecule has 2 heteroatoms. The predicted octanol–water partition coefficient (Wildman–Crippen LogP) is 0.552. The van der Waals surface area contributed by atoms with Gasteiger partial charge in [0.15, 0.2) is 6.04 Å². The molecule has 0 aromatic rings. The van der Waals surface area contributed by atoms with Crippen LogP contribution in [0, 0.1) is 0 Å². The Kier molecular flexibility index (Phi) is 2.20. The highest BCUT2D eigenvalue weighted by Crippen LogP contribution is 1.94. The first-order valence-electron chi connectivity index (χ1n) is 3.90. The largest absolute Gasteiger partial charge is 0.401 e. The van der Waals surface area contributed by atoms with Gasteiger partial charge in [0.2, 0.25) is 12.8 Å². The summed E-state index contributed by atoms with van der Waals surface area (Å²) < 4.78 is 4.46. The van der Waals surface area contributed by atoms with Crippen molar-refractivity contribution in [2.24, 2.45) is 0 Å². The van der Waals surface area contributed by atoms with Crippen molar-refractivity contribution in [1.29, 1.82) is 0 Å². The van der Waals surface area contributed by atoms with E-state index in [1.54, 1.807) is 0 Å². The van der Waals surface area contributed by atoms with Gasteiger partial charge in [0, 0.05) is 6.42 Å². The summed E-state index contributed by atoms with van der Waals surface area (Å²) in [7, 11) is 2.10. The van der Waals surface area contributed by atoms with Crippen molar-refractivity contribution in [3.63, 3.8) is 0 Å². The summed E-state index contributed by atoms with van der Waals surface area (Å²) in [4.78, 5) is 0. The van der Waals surface area contributed by atoms with E-state index in [0.717, 1.165) is 6.54 Å². The first-order chi connectivity index (χ1) is 4.74. The van der Waals surface area contributed by atoms with Crippen LogP contribution in [0.4, 0.5) is 0 Å². The molecule has 0 radical (unpaired) electrons. The van der Waals surface area contributed by atoms with Gasteiger partial charge in [-0.3, -0.25) is 0 Å². The van der Waals surface area contributed by atoms with Crippen LogP contribution < -0.4 is 0 Å². The van der Waals surface area contributed by atoms with Crippen molar-refractivity contribution in [2.75, 3.05) is 13.6 Å². The zero-order valence-corrected chi connectivity index (χ0v) is 7.04. The van der Waals surface area contributed by atoms with Gasteiger partial charge in [-0.2, -0.15) is 4.58 Å². The highest BCUT2D eigenvalue weighted by Gasteiger charge is 2.20. The van der Waals surface area contributed by atoms with Gasteiger partial charge in [-0.15, -0.1) is 4.58 Å². The predicted molar refractivity (Wildman–Crippen MR) is 43.2 cm³/mol. The van der Waals surface area contributed by atoms with Gasteiger partial charge in [0.25, 0.3) is 0 Å². The van der Waals surface area contributed by atoms with Gasteiger partial charge in [-0.1, -0.05) is 6.92 Å². The molecule has 1 rings (SSSR count). The Morgan fingerprint density at radius 1 is 1.60 bits per heavy atom. The van der Waals surface area contributed by atoms with Crippen LogP contribution in [-0.2, 0) is 0 Å². The number of hydrogen-bond donors (Lipinski definition) is 0. The first-order valence-corrected chi connectivity index (χ1v) is 3.90. The van der Waals surface area contributed by atoms with Crippen molar-refractivity contribution in [1.82, 2.24) is 0 Å². The monoisotopic (exact) mass is 140 g/mol. The van der Waals surface area contributed by atoms with Crippen molar-refractivity contribution in [3.05, 3.63) is 0 Å². The standard InChI is InChI=1S/C8H16N2/c1-4-8(2)10-6-5-9(3)7-10/h6-8H,4-5H2,1-3H3/q+2. The van der Waals surface area contributed by atoms with Crippen molar-refractivity contribution < 1.29 is 9.15 Å². The van der Waals surface area contributed by atoms with Crippen molar-refractivity contribution >= 4 is 12.6 Å². The molecule has 0 N–H and O–H groups in total. The Morgan fingerprint density at radius 3 is 2.70 bits per heavy atom. The van der Waals surface area contributed by atoms with Crippen LogP contribution >= 0.6 is 0 Å². The molecular formula is C8H16N2+2. The zero-order valence-electron chi connectivity index (χ0n) is 7.04. The molecule has 2 nitrogen and oxygen atoms in total. The number of nitrogens with zero attached hydrogens (tertiary/aromatic N) is 2. The molecule has 0 bridgehead atoms. The molecule has 0 aliphatic carbocycles. The van der Waals surface area contributed by atoms with Crippen LogP contribution in [0.25, 0.3) is 0 Å². The summed E-state index contributed by atoms with van der Waals surface area (Å²) >= 11 is 0. The van der Waals surface area contributed by atoms with Crippen LogP contribution in [0.2, 0.25) is 0 Å². The minimum Gasteiger partial charge on any atom is -0.174 e. The van der Waals surface area contributed by atoms with Gasteiger partial charge in [0.1, 0.15) is 7.05 Å². The molecule has 0 aromatic carbocycles. The molecule has 10 heavy (non-hydrogen) atoms. The third-order valence-electron chi connectivity index (χ3n) is 2.01. The Morgan fingerprint density at radius 2 is 2.30 bits per heavy atom. The van der Waals surface area contributed by atoms with Crippen molar-refractivity contribution in [3.8, 4) is 0 Å². The molecule has 56 valence electrons. The van der Waals surface area contributed by atoms with E-state index < -0.39 is 0 Å². The maximum absolute atomic E-state index is 2.28. The van der Waals surface area contributed by atoms with E-state index in [1.807, 2.05) is 0 Å². The summed E-state index contributed by atoms with van der Waals surface area (Å²) in [5, 5.41) is 0. The fraction of sp³-hybridized carbons (Fsp3) is 0.750. The van der Waals surface area contributed by atoms with Crippen LogP contribution in [-0.4, -0.2) is 41.3 Å². The Hall–Kier alpha value is -0.660. The van der Waals surface area contributed by atoms with E-state index in [0.29, 0.717) is 6.04 Å². The molecule has 1 unspecified atom stereocenters. The second-order valence-electron chi connectivity index (χ2n) is 2.94. The molecule has 0 saturated heterocycles. The van der Waals surface area contributed by atoms with Gasteiger partial charge >= 0.3 is 6.34 Å². The lowest BCUT2D eigenvalue weighted by molar-refractivity contribution is -0.523. The smallest absolute Gasteiger partial charge is 0.174 e. The van der Waals surface area contributed by atoms with Crippen LogP contribution in [0.3, 0.4) is 0 Å². The lowest BCUT2D eigenvalue weighted by atomic mass is 10.2. The van der Waals surface area contributed by atoms with Gasteiger partial charge < -0.3 is 0 Å². The van der Waals surface area contributed by atoms with E-state index >= 15 is 0 Å². The fourth-order valence-electron chi connectivity index (χ4n) is 1.05. The normalized spacial score (nSPS) is 20.3. The molecule has 0 amide bonds. The van der Waals surface area contributed by atoms with Crippen LogP contribution in [0.5, 0.6) is 0 Å². The molecule has 1 aliphatic rings. The topological polar surface area (TPSA) is 6.02 Å². The highest BCUT2D eigenvalue weighted by molar-refractivity contribution is 5.62. The van der Waals surface area contributed by atoms with Gasteiger partial charge in [-0.25, -0.2) is 0 Å².